The van der Waals surface area contributed by atoms with Gasteiger partial charge in [-0.2, -0.15) is 0 Å². The van der Waals surface area contributed by atoms with E-state index < -0.39 is 28.5 Å². The summed E-state index contributed by atoms with van der Waals surface area (Å²) in [6.45, 7) is 5.27. The number of nitrogens with one attached hydrogen (secondary N) is 1. The number of amides is 2. The number of anilines is 1. The molecule has 0 saturated heterocycles. The summed E-state index contributed by atoms with van der Waals surface area (Å²) in [4.78, 5) is 28.3. The maximum Gasteiger partial charge on any atom is 0.264 e. The molecule has 0 saturated carbocycles. The maximum absolute atomic E-state index is 14.0. The Labute approximate surface area is 244 Å². The van der Waals surface area contributed by atoms with Gasteiger partial charge >= 0.3 is 0 Å². The van der Waals surface area contributed by atoms with Crippen molar-refractivity contribution in [2.75, 3.05) is 17.4 Å². The molecular weight excluding hydrogens is 581 g/mol. The first-order valence-corrected chi connectivity index (χ1v) is 14.9. The lowest BCUT2D eigenvalue weighted by molar-refractivity contribution is -0.140. The number of carbonyl (C=O) groups is 2. The second-order valence-corrected chi connectivity index (χ2v) is 12.0. The first kappa shape index (κ1) is 30.8. The van der Waals surface area contributed by atoms with Gasteiger partial charge in [0.2, 0.25) is 11.8 Å². The van der Waals surface area contributed by atoms with Gasteiger partial charge in [-0.05, 0) is 79.9 Å². The summed E-state index contributed by atoms with van der Waals surface area (Å²) in [5, 5.41) is 3.81. The number of likely N-dealkylation sites (N-methyl/N-ethyl adjacent to an activating group) is 1. The second kappa shape index (κ2) is 13.5. The van der Waals surface area contributed by atoms with Crippen LogP contribution in [0.25, 0.3) is 0 Å². The highest BCUT2D eigenvalue weighted by atomic mass is 35.5. The van der Waals surface area contributed by atoms with Gasteiger partial charge in [0, 0.05) is 18.1 Å². The molecular formula is C28H30Cl3N3O4S. The van der Waals surface area contributed by atoms with Gasteiger partial charge in [-0.1, -0.05) is 59.9 Å². The van der Waals surface area contributed by atoms with E-state index in [1.165, 1.54) is 29.2 Å². The molecule has 0 heterocycles. The highest BCUT2D eigenvalue weighted by molar-refractivity contribution is 7.92. The molecule has 0 bridgehead atoms. The zero-order chi connectivity index (χ0) is 28.7. The molecule has 208 valence electrons. The molecule has 1 N–H and O–H groups in total. The monoisotopic (exact) mass is 609 g/mol. The highest BCUT2D eigenvalue weighted by Gasteiger charge is 2.33. The van der Waals surface area contributed by atoms with Crippen molar-refractivity contribution in [2.45, 2.75) is 44.7 Å². The van der Waals surface area contributed by atoms with Gasteiger partial charge < -0.3 is 10.2 Å². The number of hydrogen-bond acceptors (Lipinski definition) is 4. The Morgan fingerprint density at radius 2 is 1.62 bits per heavy atom. The van der Waals surface area contributed by atoms with Crippen molar-refractivity contribution in [2.24, 2.45) is 0 Å². The van der Waals surface area contributed by atoms with E-state index in [-0.39, 0.29) is 17.3 Å². The lowest BCUT2D eigenvalue weighted by atomic mass is 10.1. The first-order chi connectivity index (χ1) is 18.5. The lowest BCUT2D eigenvalue weighted by Crippen LogP contribution is -2.52. The van der Waals surface area contributed by atoms with Crippen LogP contribution in [-0.4, -0.2) is 44.3 Å². The quantitative estimate of drug-likeness (QED) is 0.285. The van der Waals surface area contributed by atoms with Crippen molar-refractivity contribution in [3.05, 3.63) is 92.9 Å². The third-order valence-electron chi connectivity index (χ3n) is 6.04. The Bertz CT molecular complexity index is 1430. The molecule has 0 fully saturated rings. The second-order valence-electron chi connectivity index (χ2n) is 8.89. The number of carbonyl (C=O) groups excluding carboxylic acids is 2. The van der Waals surface area contributed by atoms with Gasteiger partial charge in [-0.15, -0.1) is 0 Å². The van der Waals surface area contributed by atoms with Crippen LogP contribution in [0.15, 0.2) is 71.6 Å². The van der Waals surface area contributed by atoms with Gasteiger partial charge in [-0.25, -0.2) is 8.42 Å². The molecule has 1 atom stereocenters. The summed E-state index contributed by atoms with van der Waals surface area (Å²) >= 11 is 18.3. The fourth-order valence-electron chi connectivity index (χ4n) is 4.09. The van der Waals surface area contributed by atoms with Crippen LogP contribution in [0.1, 0.15) is 31.4 Å². The van der Waals surface area contributed by atoms with Crippen LogP contribution in [-0.2, 0) is 26.2 Å². The molecule has 0 aromatic heterocycles. The summed E-state index contributed by atoms with van der Waals surface area (Å²) in [6.07, 6.45) is 0.313. The van der Waals surface area contributed by atoms with Crippen molar-refractivity contribution in [1.29, 1.82) is 0 Å². The fourth-order valence-corrected chi connectivity index (χ4v) is 5.94. The van der Waals surface area contributed by atoms with E-state index in [1.54, 1.807) is 50.2 Å². The number of benzene rings is 3. The van der Waals surface area contributed by atoms with Crippen LogP contribution in [0.4, 0.5) is 5.69 Å². The van der Waals surface area contributed by atoms with E-state index in [4.69, 9.17) is 34.8 Å². The van der Waals surface area contributed by atoms with Gasteiger partial charge in [0.05, 0.1) is 20.6 Å². The number of sulfonamides is 1. The molecule has 0 aliphatic rings. The smallest absolute Gasteiger partial charge is 0.264 e. The van der Waals surface area contributed by atoms with Crippen molar-refractivity contribution in [3.63, 3.8) is 0 Å². The standard InChI is InChI=1S/C28H30Cl3N3O4S/c1-4-26(28(36)32-5-2)33(17-20-9-14-24(30)25(31)16-20)27(35)18-34(22-8-6-7-19(3)15-22)39(37,38)23-12-10-21(29)11-13-23/h6-16,26H,4-5,17-18H2,1-3H3,(H,32,36)/t26-/m0/s1. The summed E-state index contributed by atoms with van der Waals surface area (Å²) in [5.41, 5.74) is 1.78. The van der Waals surface area contributed by atoms with Gasteiger partial charge in [-0.3, -0.25) is 13.9 Å². The zero-order valence-electron chi connectivity index (χ0n) is 21.8. The predicted molar refractivity (Wildman–Crippen MR) is 157 cm³/mol. The fraction of sp³-hybridized carbons (Fsp3) is 0.286. The van der Waals surface area contributed by atoms with E-state index in [0.717, 1.165) is 9.87 Å². The van der Waals surface area contributed by atoms with E-state index in [9.17, 15) is 18.0 Å². The number of halogens is 3. The highest BCUT2D eigenvalue weighted by Crippen LogP contribution is 2.27. The summed E-state index contributed by atoms with van der Waals surface area (Å²) in [6, 6.07) is 16.7. The third-order valence-corrected chi connectivity index (χ3v) is 8.82. The molecule has 0 aliphatic heterocycles. The first-order valence-electron chi connectivity index (χ1n) is 12.3. The Kier molecular flexibility index (Phi) is 10.7. The van der Waals surface area contributed by atoms with Crippen LogP contribution < -0.4 is 9.62 Å². The lowest BCUT2D eigenvalue weighted by Gasteiger charge is -2.33. The number of hydrogen-bond donors (Lipinski definition) is 1. The van der Waals surface area contributed by atoms with Crippen LogP contribution in [0.3, 0.4) is 0 Å². The SMILES string of the molecule is CCNC(=O)[C@H](CC)N(Cc1ccc(Cl)c(Cl)c1)C(=O)CN(c1cccc(C)c1)S(=O)(=O)c1ccc(Cl)cc1. The minimum atomic E-state index is -4.18. The molecule has 2 amide bonds. The molecule has 39 heavy (non-hydrogen) atoms. The topological polar surface area (TPSA) is 86.8 Å². The number of aryl methyl sites for hydroxylation is 1. The summed E-state index contributed by atoms with van der Waals surface area (Å²) in [5.74, 6) is -0.894. The van der Waals surface area contributed by atoms with E-state index in [0.29, 0.717) is 39.3 Å². The Hall–Kier alpha value is -2.78. The Morgan fingerprint density at radius 3 is 2.21 bits per heavy atom. The van der Waals surface area contributed by atoms with Gasteiger partial charge in [0.1, 0.15) is 12.6 Å². The van der Waals surface area contributed by atoms with Crippen LogP contribution in [0.2, 0.25) is 15.1 Å². The number of nitrogens with zero attached hydrogens (tertiary/aromatic N) is 2. The molecule has 11 heteroatoms. The molecule has 0 unspecified atom stereocenters. The minimum absolute atomic E-state index is 0.0204. The molecule has 3 rings (SSSR count). The van der Waals surface area contributed by atoms with Crippen molar-refractivity contribution in [3.8, 4) is 0 Å². The van der Waals surface area contributed by atoms with E-state index in [2.05, 4.69) is 5.32 Å². The zero-order valence-corrected chi connectivity index (χ0v) is 24.9. The molecule has 0 spiro atoms. The number of rotatable bonds is 11. The van der Waals surface area contributed by atoms with E-state index >= 15 is 0 Å². The molecule has 3 aromatic rings. The largest absolute Gasteiger partial charge is 0.355 e. The molecule has 0 aliphatic carbocycles. The van der Waals surface area contributed by atoms with Gasteiger partial charge in [0.25, 0.3) is 10.0 Å². The Morgan fingerprint density at radius 1 is 0.923 bits per heavy atom. The van der Waals surface area contributed by atoms with Crippen molar-refractivity contribution in [1.82, 2.24) is 10.2 Å². The van der Waals surface area contributed by atoms with Gasteiger partial charge in [0.15, 0.2) is 0 Å². The van der Waals surface area contributed by atoms with Crippen LogP contribution in [0, 0.1) is 6.92 Å². The summed E-state index contributed by atoms with van der Waals surface area (Å²) in [7, 11) is -4.18. The summed E-state index contributed by atoms with van der Waals surface area (Å²) < 4.78 is 28.7. The third kappa shape index (κ3) is 7.66. The van der Waals surface area contributed by atoms with Crippen molar-refractivity contribution < 1.29 is 18.0 Å². The average molecular weight is 611 g/mol. The molecule has 3 aromatic carbocycles. The maximum atomic E-state index is 14.0. The molecule has 0 radical (unpaired) electrons. The van der Waals surface area contributed by atoms with Crippen LogP contribution in [0.5, 0.6) is 0 Å². The predicted octanol–water partition coefficient (Wildman–Crippen LogP) is 6.09. The molecule has 7 nitrogen and oxygen atoms in total. The van der Waals surface area contributed by atoms with Crippen LogP contribution >= 0.6 is 34.8 Å². The normalized spacial score (nSPS) is 12.1. The average Bonchev–Trinajstić information content (AvgIpc) is 2.89. The Balaban J connectivity index is 2.07. The minimum Gasteiger partial charge on any atom is -0.355 e. The van der Waals surface area contributed by atoms with Crippen molar-refractivity contribution >= 4 is 62.3 Å². The van der Waals surface area contributed by atoms with E-state index in [1.807, 2.05) is 13.0 Å².